The van der Waals surface area contributed by atoms with Gasteiger partial charge in [-0.05, 0) is 87.6 Å². The van der Waals surface area contributed by atoms with Crippen LogP contribution in [0.3, 0.4) is 0 Å². The first-order valence-corrected chi connectivity index (χ1v) is 9.74. The summed E-state index contributed by atoms with van der Waals surface area (Å²) >= 11 is 0. The third-order valence-electron chi connectivity index (χ3n) is 7.19. The standard InChI is InChI=1S/C19H32N2O/c1-2-20-6-5-17-3-4-19(22)21(17)12-18-15-8-13-7-14(10-15)11-16(18)9-13/h13-18,20H,2-12H2,1H3. The molecule has 0 aromatic heterocycles. The van der Waals surface area contributed by atoms with E-state index < -0.39 is 0 Å². The lowest BCUT2D eigenvalue weighted by molar-refractivity contribution is -0.132. The minimum atomic E-state index is 0.440. The lowest BCUT2D eigenvalue weighted by Gasteiger charge is -2.55. The number of hydrogen-bond donors (Lipinski definition) is 1. The molecular weight excluding hydrogens is 272 g/mol. The first-order valence-electron chi connectivity index (χ1n) is 9.74. The van der Waals surface area contributed by atoms with Crippen molar-refractivity contribution in [1.82, 2.24) is 10.2 Å². The number of amides is 1. The summed E-state index contributed by atoms with van der Waals surface area (Å²) in [6, 6.07) is 0.517. The highest BCUT2D eigenvalue weighted by molar-refractivity contribution is 5.78. The molecule has 124 valence electrons. The molecule has 4 saturated carbocycles. The summed E-state index contributed by atoms with van der Waals surface area (Å²) in [5.74, 6) is 5.24. The monoisotopic (exact) mass is 304 g/mol. The number of carbonyl (C=O) groups excluding carboxylic acids is 1. The van der Waals surface area contributed by atoms with Gasteiger partial charge < -0.3 is 10.2 Å². The maximum atomic E-state index is 12.4. The Balaban J connectivity index is 1.39. The molecule has 1 N–H and O–H groups in total. The van der Waals surface area contributed by atoms with E-state index in [0.29, 0.717) is 11.9 Å². The zero-order valence-electron chi connectivity index (χ0n) is 14.1. The zero-order valence-corrected chi connectivity index (χ0v) is 14.1. The van der Waals surface area contributed by atoms with E-state index in [1.54, 1.807) is 0 Å². The van der Waals surface area contributed by atoms with Crippen LogP contribution in [0.5, 0.6) is 0 Å². The van der Waals surface area contributed by atoms with Crippen molar-refractivity contribution in [2.75, 3.05) is 19.6 Å². The summed E-state index contributed by atoms with van der Waals surface area (Å²) in [4.78, 5) is 14.7. The molecule has 5 rings (SSSR count). The smallest absolute Gasteiger partial charge is 0.222 e. The van der Waals surface area contributed by atoms with Crippen molar-refractivity contribution in [3.05, 3.63) is 0 Å². The van der Waals surface area contributed by atoms with Gasteiger partial charge in [-0.1, -0.05) is 6.92 Å². The van der Waals surface area contributed by atoms with Crippen molar-refractivity contribution in [3.63, 3.8) is 0 Å². The Morgan fingerprint density at radius 1 is 1.09 bits per heavy atom. The minimum Gasteiger partial charge on any atom is -0.339 e. The van der Waals surface area contributed by atoms with Crippen LogP contribution in [0.1, 0.15) is 58.3 Å². The molecule has 1 unspecified atom stereocenters. The van der Waals surface area contributed by atoms with E-state index in [2.05, 4.69) is 17.1 Å². The van der Waals surface area contributed by atoms with Gasteiger partial charge in [0.1, 0.15) is 0 Å². The van der Waals surface area contributed by atoms with Gasteiger partial charge in [0, 0.05) is 19.0 Å². The second kappa shape index (κ2) is 6.14. The van der Waals surface area contributed by atoms with Gasteiger partial charge in [-0.2, -0.15) is 0 Å². The first kappa shape index (κ1) is 15.0. The Labute approximate surface area is 135 Å². The molecule has 5 aliphatic rings. The van der Waals surface area contributed by atoms with E-state index in [0.717, 1.165) is 68.5 Å². The molecule has 1 saturated heterocycles. The Hall–Kier alpha value is -0.570. The fourth-order valence-electron chi connectivity index (χ4n) is 6.35. The molecule has 4 aliphatic carbocycles. The second-order valence-corrected chi connectivity index (χ2v) is 8.48. The molecule has 0 spiro atoms. The van der Waals surface area contributed by atoms with Crippen LogP contribution in [-0.4, -0.2) is 36.5 Å². The van der Waals surface area contributed by atoms with Gasteiger partial charge in [0.25, 0.3) is 0 Å². The highest BCUT2D eigenvalue weighted by Crippen LogP contribution is 2.56. The maximum Gasteiger partial charge on any atom is 0.222 e. The Bertz CT molecular complexity index is 394. The fourth-order valence-corrected chi connectivity index (χ4v) is 6.35. The van der Waals surface area contributed by atoms with Gasteiger partial charge in [0.2, 0.25) is 5.91 Å². The highest BCUT2D eigenvalue weighted by Gasteiger charge is 2.49. The quantitative estimate of drug-likeness (QED) is 0.765. The average Bonchev–Trinajstić information content (AvgIpc) is 2.83. The van der Waals surface area contributed by atoms with Gasteiger partial charge in [-0.25, -0.2) is 0 Å². The first-order chi connectivity index (χ1) is 10.7. The van der Waals surface area contributed by atoms with Crippen molar-refractivity contribution in [1.29, 1.82) is 0 Å². The van der Waals surface area contributed by atoms with Crippen LogP contribution in [0.15, 0.2) is 0 Å². The van der Waals surface area contributed by atoms with E-state index in [-0.39, 0.29) is 0 Å². The van der Waals surface area contributed by atoms with E-state index in [1.807, 2.05) is 0 Å². The van der Waals surface area contributed by atoms with Gasteiger partial charge in [0.15, 0.2) is 0 Å². The SMILES string of the molecule is CCNCCC1CCC(=O)N1CC1C2CC3CC(C2)CC1C3. The van der Waals surface area contributed by atoms with E-state index in [9.17, 15) is 4.79 Å². The Morgan fingerprint density at radius 3 is 2.41 bits per heavy atom. The summed E-state index contributed by atoms with van der Waals surface area (Å²) in [7, 11) is 0. The van der Waals surface area contributed by atoms with Crippen molar-refractivity contribution in [3.8, 4) is 0 Å². The lowest BCUT2D eigenvalue weighted by atomic mass is 9.52. The summed E-state index contributed by atoms with van der Waals surface area (Å²) in [5.41, 5.74) is 0. The van der Waals surface area contributed by atoms with E-state index >= 15 is 0 Å². The molecule has 1 amide bonds. The van der Waals surface area contributed by atoms with Crippen molar-refractivity contribution in [2.45, 2.75) is 64.3 Å². The molecule has 0 aromatic rings. The van der Waals surface area contributed by atoms with E-state index in [4.69, 9.17) is 0 Å². The minimum absolute atomic E-state index is 0.440. The number of rotatable bonds is 6. The molecule has 0 radical (unpaired) electrons. The predicted molar refractivity (Wildman–Crippen MR) is 88.4 cm³/mol. The lowest BCUT2D eigenvalue weighted by Crippen LogP contribution is -2.50. The van der Waals surface area contributed by atoms with Crippen molar-refractivity contribution in [2.24, 2.45) is 29.6 Å². The molecule has 3 heteroatoms. The topological polar surface area (TPSA) is 32.3 Å². The second-order valence-electron chi connectivity index (χ2n) is 8.48. The third-order valence-corrected chi connectivity index (χ3v) is 7.19. The van der Waals surface area contributed by atoms with Gasteiger partial charge in [-0.15, -0.1) is 0 Å². The molecule has 1 heterocycles. The van der Waals surface area contributed by atoms with E-state index in [1.165, 1.54) is 32.1 Å². The van der Waals surface area contributed by atoms with Crippen LogP contribution in [-0.2, 0) is 4.79 Å². The highest BCUT2D eigenvalue weighted by atomic mass is 16.2. The van der Waals surface area contributed by atoms with Crippen LogP contribution in [0.2, 0.25) is 0 Å². The van der Waals surface area contributed by atoms with Crippen LogP contribution in [0.25, 0.3) is 0 Å². The summed E-state index contributed by atoms with van der Waals surface area (Å²) in [6.45, 7) is 5.35. The van der Waals surface area contributed by atoms with Crippen LogP contribution in [0, 0.1) is 29.6 Å². The summed E-state index contributed by atoms with van der Waals surface area (Å²) in [6.07, 6.45) is 10.5. The molecule has 5 fully saturated rings. The Kier molecular flexibility index (Phi) is 4.19. The van der Waals surface area contributed by atoms with Crippen molar-refractivity contribution < 1.29 is 4.79 Å². The summed E-state index contributed by atoms with van der Waals surface area (Å²) in [5, 5.41) is 3.43. The number of nitrogens with zero attached hydrogens (tertiary/aromatic N) is 1. The summed E-state index contributed by atoms with van der Waals surface area (Å²) < 4.78 is 0. The number of hydrogen-bond acceptors (Lipinski definition) is 2. The van der Waals surface area contributed by atoms with Crippen LogP contribution >= 0.6 is 0 Å². The molecule has 1 aliphatic heterocycles. The fraction of sp³-hybridized carbons (Fsp3) is 0.947. The number of likely N-dealkylation sites (tertiary alicyclic amines) is 1. The number of nitrogens with one attached hydrogen (secondary N) is 1. The van der Waals surface area contributed by atoms with Gasteiger partial charge in [-0.3, -0.25) is 4.79 Å². The van der Waals surface area contributed by atoms with Crippen molar-refractivity contribution >= 4 is 5.91 Å². The molecule has 1 atom stereocenters. The molecule has 0 aromatic carbocycles. The Morgan fingerprint density at radius 2 is 1.77 bits per heavy atom. The van der Waals surface area contributed by atoms with Crippen LogP contribution < -0.4 is 5.32 Å². The molecule has 4 bridgehead atoms. The maximum absolute atomic E-state index is 12.4. The molecule has 22 heavy (non-hydrogen) atoms. The molecular formula is C19H32N2O. The normalized spacial score (nSPS) is 43.3. The van der Waals surface area contributed by atoms with Gasteiger partial charge >= 0.3 is 0 Å². The predicted octanol–water partition coefficient (Wildman–Crippen LogP) is 3.05. The molecule has 3 nitrogen and oxygen atoms in total. The van der Waals surface area contributed by atoms with Gasteiger partial charge in [0.05, 0.1) is 0 Å². The van der Waals surface area contributed by atoms with Crippen LogP contribution in [0.4, 0.5) is 0 Å². The zero-order chi connectivity index (χ0) is 15.1. The largest absolute Gasteiger partial charge is 0.339 e. The average molecular weight is 304 g/mol. The number of carbonyl (C=O) groups is 1. The third kappa shape index (κ3) is 2.70.